The Bertz CT molecular complexity index is 981. The minimum Gasteiger partial charge on any atom is -0.445 e. The lowest BCUT2D eigenvalue weighted by atomic mass is 9.44. The molecule has 1 saturated heterocycles. The molecule has 4 rings (SSSR count). The molecule has 4 aliphatic rings. The highest BCUT2D eigenvalue weighted by Crippen LogP contribution is 2.67. The van der Waals surface area contributed by atoms with Crippen molar-refractivity contribution < 1.29 is 33.8 Å². The molecule has 3 amide bonds. The number of carbonyl (C=O) groups is 4. The van der Waals surface area contributed by atoms with E-state index in [1.807, 2.05) is 20.8 Å². The number of aliphatic hydroxyl groups is 1. The summed E-state index contributed by atoms with van der Waals surface area (Å²) in [5.74, 6) is -0.605. The second kappa shape index (κ2) is 10.6. The Balaban J connectivity index is 1.53. The van der Waals surface area contributed by atoms with Gasteiger partial charge < -0.3 is 24.8 Å². The quantitative estimate of drug-likeness (QED) is 0.470. The molecule has 3 aliphatic carbocycles. The Hall–Kier alpha value is -2.46. The van der Waals surface area contributed by atoms with Gasteiger partial charge in [0.15, 0.2) is 6.61 Å². The summed E-state index contributed by atoms with van der Waals surface area (Å²) < 4.78 is 10.9. The lowest BCUT2D eigenvalue weighted by Crippen LogP contribution is -2.63. The van der Waals surface area contributed by atoms with Crippen molar-refractivity contribution in [3.63, 3.8) is 0 Å². The lowest BCUT2D eigenvalue weighted by Gasteiger charge is -2.61. The summed E-state index contributed by atoms with van der Waals surface area (Å²) >= 11 is 0. The van der Waals surface area contributed by atoms with Crippen LogP contribution in [0.15, 0.2) is 12.7 Å². The zero-order valence-corrected chi connectivity index (χ0v) is 23.1. The van der Waals surface area contributed by atoms with Crippen LogP contribution in [-0.4, -0.2) is 78.9 Å². The van der Waals surface area contributed by atoms with Crippen molar-refractivity contribution in [2.45, 2.75) is 72.0 Å². The summed E-state index contributed by atoms with van der Waals surface area (Å²) in [6.45, 7) is 14.0. The normalized spacial score (nSPS) is 40.8. The molecular weight excluding hydrogens is 490 g/mol. The van der Waals surface area contributed by atoms with Gasteiger partial charge in [0.25, 0.3) is 5.91 Å². The maximum Gasteiger partial charge on any atom is 0.417 e. The fourth-order valence-corrected chi connectivity index (χ4v) is 7.91. The number of nitrogens with one attached hydrogen (secondary N) is 2. The van der Waals surface area contributed by atoms with Gasteiger partial charge in [-0.25, -0.2) is 14.9 Å². The molecule has 38 heavy (non-hydrogen) atoms. The second-order valence-electron chi connectivity index (χ2n) is 12.3. The van der Waals surface area contributed by atoms with E-state index >= 15 is 0 Å². The molecule has 10 nitrogen and oxygen atoms in total. The number of rotatable bonds is 4. The van der Waals surface area contributed by atoms with E-state index in [4.69, 9.17) is 9.47 Å². The maximum atomic E-state index is 13.4. The highest BCUT2D eigenvalue weighted by Gasteiger charge is 2.68. The van der Waals surface area contributed by atoms with Gasteiger partial charge in [0.2, 0.25) is 0 Å². The van der Waals surface area contributed by atoms with E-state index in [0.717, 1.165) is 12.8 Å². The third-order valence-corrected chi connectivity index (χ3v) is 10.6. The summed E-state index contributed by atoms with van der Waals surface area (Å²) in [6, 6.07) is 0. The van der Waals surface area contributed by atoms with Crippen molar-refractivity contribution in [2.24, 2.45) is 34.0 Å². The molecule has 0 spiro atoms. The number of ketones is 1. The Labute approximate surface area is 224 Å². The minimum absolute atomic E-state index is 0.0700. The number of Topliss-reactive ketones (excluding diaryl/α,β-unsaturated/α-hetero) is 1. The number of imide groups is 1. The predicted molar refractivity (Wildman–Crippen MR) is 139 cm³/mol. The van der Waals surface area contributed by atoms with Gasteiger partial charge in [-0.05, 0) is 42.9 Å². The van der Waals surface area contributed by atoms with Gasteiger partial charge in [0.1, 0.15) is 11.9 Å². The first-order valence-corrected chi connectivity index (χ1v) is 13.9. The van der Waals surface area contributed by atoms with Crippen molar-refractivity contribution in [3.05, 3.63) is 12.7 Å². The molecule has 0 aromatic heterocycles. The Morgan fingerprint density at radius 3 is 2.53 bits per heavy atom. The zero-order valence-electron chi connectivity index (χ0n) is 23.1. The van der Waals surface area contributed by atoms with E-state index in [9.17, 15) is 24.3 Å². The molecule has 3 N–H and O–H groups in total. The first-order chi connectivity index (χ1) is 17.9. The highest BCUT2D eigenvalue weighted by atomic mass is 16.6. The molecule has 0 radical (unpaired) electrons. The molecular formula is C28H43N3O7. The number of nitrogens with zero attached hydrogens (tertiary/aromatic N) is 1. The fourth-order valence-electron chi connectivity index (χ4n) is 7.91. The van der Waals surface area contributed by atoms with Crippen LogP contribution in [-0.2, 0) is 19.1 Å². The zero-order chi connectivity index (χ0) is 27.9. The molecule has 2 bridgehead atoms. The molecule has 4 fully saturated rings. The van der Waals surface area contributed by atoms with Crippen LogP contribution in [0.25, 0.3) is 0 Å². The highest BCUT2D eigenvalue weighted by molar-refractivity contribution is 5.89. The topological polar surface area (TPSA) is 134 Å². The van der Waals surface area contributed by atoms with Gasteiger partial charge in [-0.3, -0.25) is 9.59 Å². The Morgan fingerprint density at radius 1 is 1.18 bits per heavy atom. The average Bonchev–Trinajstić information content (AvgIpc) is 3.26. The molecule has 0 aromatic rings. The molecule has 0 aromatic carbocycles. The summed E-state index contributed by atoms with van der Waals surface area (Å²) in [7, 11) is 0. The first-order valence-electron chi connectivity index (χ1n) is 13.9. The minimum atomic E-state index is -1.07. The number of amides is 3. The van der Waals surface area contributed by atoms with Crippen molar-refractivity contribution in [3.8, 4) is 0 Å². The average molecular weight is 534 g/mol. The monoisotopic (exact) mass is 533 g/mol. The standard InChI is InChI=1S/C28H43N3O7/c1-6-26(4)15-20(38-25(36)30-24(35)37-16-21(33)31-13-11-29-12-14-31)27(5)17(2)7-9-28(18(3)23(26)34)10-8-19(32)22(27)28/h6,17-18,20,22-23,29,34H,1,7-16H2,2-5H3,(H,30,35,36)/t17?,18-,20+,22-,23-,26+,27+,28-/m0/s1. The van der Waals surface area contributed by atoms with Crippen LogP contribution in [0.5, 0.6) is 0 Å². The number of alkyl carbamates (subject to hydrolysis) is 2. The number of hydrogen-bond acceptors (Lipinski definition) is 8. The molecule has 212 valence electrons. The molecule has 1 unspecified atom stereocenters. The van der Waals surface area contributed by atoms with Gasteiger partial charge >= 0.3 is 12.2 Å². The summed E-state index contributed by atoms with van der Waals surface area (Å²) in [4.78, 5) is 52.6. The third-order valence-electron chi connectivity index (χ3n) is 10.6. The van der Waals surface area contributed by atoms with Crippen LogP contribution >= 0.6 is 0 Å². The van der Waals surface area contributed by atoms with Crippen LogP contribution in [0, 0.1) is 34.0 Å². The van der Waals surface area contributed by atoms with Crippen LogP contribution in [0.1, 0.15) is 59.8 Å². The lowest BCUT2D eigenvalue weighted by molar-refractivity contribution is -0.191. The number of piperazine rings is 1. The predicted octanol–water partition coefficient (Wildman–Crippen LogP) is 2.64. The van der Waals surface area contributed by atoms with Crippen molar-refractivity contribution >= 4 is 23.9 Å². The summed E-state index contributed by atoms with van der Waals surface area (Å²) in [6.07, 6.45) is 1.20. The van der Waals surface area contributed by atoms with E-state index < -0.39 is 41.8 Å². The van der Waals surface area contributed by atoms with E-state index in [2.05, 4.69) is 24.1 Å². The summed E-state index contributed by atoms with van der Waals surface area (Å²) in [5.41, 5.74) is -1.85. The van der Waals surface area contributed by atoms with E-state index in [1.54, 1.807) is 11.0 Å². The number of carbonyl (C=O) groups excluding carboxylic acids is 4. The van der Waals surface area contributed by atoms with Crippen LogP contribution in [0.2, 0.25) is 0 Å². The Morgan fingerprint density at radius 2 is 1.87 bits per heavy atom. The van der Waals surface area contributed by atoms with Gasteiger partial charge in [-0.15, -0.1) is 6.58 Å². The van der Waals surface area contributed by atoms with Crippen LogP contribution in [0.4, 0.5) is 9.59 Å². The van der Waals surface area contributed by atoms with E-state index in [-0.39, 0.29) is 41.3 Å². The Kier molecular flexibility index (Phi) is 7.96. The SMILES string of the molecule is C=C[C@]1(C)C[C@@H](OC(=O)NC(=O)OCC(=O)N2CCNCC2)[C@@]2(C)C(C)CC[C@]3(CCC(=O)[C@H]32)[C@@H](C)[C@@H]1O. The van der Waals surface area contributed by atoms with Crippen molar-refractivity contribution in [2.75, 3.05) is 32.8 Å². The summed E-state index contributed by atoms with van der Waals surface area (Å²) in [5, 5.41) is 16.8. The first kappa shape index (κ1) is 28.5. The van der Waals surface area contributed by atoms with Crippen molar-refractivity contribution in [1.82, 2.24) is 15.5 Å². The number of aliphatic hydroxyl groups excluding tert-OH is 1. The van der Waals surface area contributed by atoms with Gasteiger partial charge in [0.05, 0.1) is 6.10 Å². The van der Waals surface area contributed by atoms with E-state index in [0.29, 0.717) is 39.0 Å². The van der Waals surface area contributed by atoms with Crippen molar-refractivity contribution in [1.29, 1.82) is 0 Å². The molecule has 3 saturated carbocycles. The van der Waals surface area contributed by atoms with Gasteiger partial charge in [-0.1, -0.05) is 33.8 Å². The van der Waals surface area contributed by atoms with Crippen LogP contribution < -0.4 is 10.6 Å². The maximum absolute atomic E-state index is 13.4. The third kappa shape index (κ3) is 4.74. The van der Waals surface area contributed by atoms with Gasteiger partial charge in [0, 0.05) is 49.3 Å². The van der Waals surface area contributed by atoms with E-state index in [1.165, 1.54) is 0 Å². The van der Waals surface area contributed by atoms with Gasteiger partial charge in [-0.2, -0.15) is 0 Å². The smallest absolute Gasteiger partial charge is 0.417 e. The number of hydrogen-bond donors (Lipinski definition) is 3. The second-order valence-corrected chi connectivity index (χ2v) is 12.3. The molecule has 1 aliphatic heterocycles. The molecule has 10 heteroatoms. The van der Waals surface area contributed by atoms with Crippen LogP contribution in [0.3, 0.4) is 0 Å². The molecule has 1 heterocycles. The fraction of sp³-hybridized carbons (Fsp3) is 0.786. The molecule has 8 atom stereocenters. The largest absolute Gasteiger partial charge is 0.445 e. The number of ether oxygens (including phenoxy) is 2.